The Kier molecular flexibility index (Phi) is 6.24. The Morgan fingerprint density at radius 2 is 2.10 bits per heavy atom. The molecule has 160 valence electrons. The van der Waals surface area contributed by atoms with E-state index in [1.807, 2.05) is 4.68 Å². The fourth-order valence-electron chi connectivity index (χ4n) is 4.14. The van der Waals surface area contributed by atoms with Crippen molar-refractivity contribution >= 4 is 5.91 Å². The van der Waals surface area contributed by atoms with Crippen molar-refractivity contribution in [3.63, 3.8) is 0 Å². The minimum Gasteiger partial charge on any atom is -0.378 e. The molecule has 1 aromatic carbocycles. The Hall–Kier alpha value is -2.58. The van der Waals surface area contributed by atoms with E-state index in [2.05, 4.69) is 17.0 Å². The summed E-state index contributed by atoms with van der Waals surface area (Å²) in [6.07, 6.45) is 4.12. The number of benzene rings is 1. The number of carbonyl (C=O) groups excluding carboxylic acids is 1. The summed E-state index contributed by atoms with van der Waals surface area (Å²) < 4.78 is 33.8. The van der Waals surface area contributed by atoms with Crippen molar-refractivity contribution < 1.29 is 18.3 Å². The highest BCUT2D eigenvalue weighted by Crippen LogP contribution is 2.26. The van der Waals surface area contributed by atoms with Gasteiger partial charge in [-0.3, -0.25) is 9.48 Å². The van der Waals surface area contributed by atoms with Gasteiger partial charge in [0.05, 0.1) is 19.8 Å². The van der Waals surface area contributed by atoms with Crippen molar-refractivity contribution in [3.8, 4) is 0 Å². The van der Waals surface area contributed by atoms with E-state index in [-0.39, 0.29) is 11.9 Å². The molecule has 1 atom stereocenters. The van der Waals surface area contributed by atoms with Gasteiger partial charge < -0.3 is 15.0 Å². The quantitative estimate of drug-likeness (QED) is 0.735. The first-order valence-electron chi connectivity index (χ1n) is 10.3. The summed E-state index contributed by atoms with van der Waals surface area (Å²) in [5.74, 6) is -1.75. The van der Waals surface area contributed by atoms with Crippen LogP contribution < -0.4 is 5.32 Å². The number of carbonyl (C=O) groups is 1. The number of hydrogen-bond donors (Lipinski definition) is 1. The molecule has 0 radical (unpaired) electrons. The fourth-order valence-corrected chi connectivity index (χ4v) is 4.14. The molecular formula is C22H26F2N4O2. The normalized spacial score (nSPS) is 18.9. The fraction of sp³-hybridized carbons (Fsp3) is 0.455. The van der Waals surface area contributed by atoms with Crippen LogP contribution in [0.4, 0.5) is 8.78 Å². The van der Waals surface area contributed by atoms with Crippen molar-refractivity contribution in [1.29, 1.82) is 0 Å². The van der Waals surface area contributed by atoms with Gasteiger partial charge in [0.15, 0.2) is 17.3 Å². The second-order valence-corrected chi connectivity index (χ2v) is 7.72. The zero-order valence-corrected chi connectivity index (χ0v) is 16.9. The number of allylic oxidation sites excluding steroid dienone is 1. The molecule has 2 aromatic rings. The van der Waals surface area contributed by atoms with E-state index < -0.39 is 11.6 Å². The molecule has 30 heavy (non-hydrogen) atoms. The van der Waals surface area contributed by atoms with Crippen LogP contribution >= 0.6 is 0 Å². The number of morpholine rings is 1. The molecule has 2 aliphatic rings. The van der Waals surface area contributed by atoms with Gasteiger partial charge in [-0.15, -0.1) is 6.58 Å². The third-order valence-electron chi connectivity index (χ3n) is 5.73. The predicted molar refractivity (Wildman–Crippen MR) is 108 cm³/mol. The minimum atomic E-state index is -0.845. The van der Waals surface area contributed by atoms with Gasteiger partial charge in [-0.1, -0.05) is 12.1 Å². The molecule has 2 heterocycles. The summed E-state index contributed by atoms with van der Waals surface area (Å²) >= 11 is 0. The van der Waals surface area contributed by atoms with Crippen molar-refractivity contribution in [2.24, 2.45) is 0 Å². The summed E-state index contributed by atoms with van der Waals surface area (Å²) in [6, 6.07) is 4.06. The molecule has 0 spiro atoms. The molecule has 1 amide bonds. The maximum atomic E-state index is 13.5. The second kappa shape index (κ2) is 9.06. The van der Waals surface area contributed by atoms with Gasteiger partial charge in [-0.25, -0.2) is 8.78 Å². The Labute approximate surface area is 174 Å². The highest BCUT2D eigenvalue weighted by molar-refractivity contribution is 5.94. The van der Waals surface area contributed by atoms with Gasteiger partial charge in [0, 0.05) is 36.9 Å². The zero-order valence-electron chi connectivity index (χ0n) is 16.9. The second-order valence-electron chi connectivity index (χ2n) is 7.72. The number of nitrogens with one attached hydrogen (secondary N) is 1. The third-order valence-corrected chi connectivity index (χ3v) is 5.73. The molecule has 1 fully saturated rings. The highest BCUT2D eigenvalue weighted by Gasteiger charge is 2.31. The summed E-state index contributed by atoms with van der Waals surface area (Å²) in [6.45, 7) is 7.02. The molecule has 6 nitrogen and oxygen atoms in total. The van der Waals surface area contributed by atoms with Crippen LogP contribution in [0.5, 0.6) is 0 Å². The zero-order chi connectivity index (χ0) is 21.1. The van der Waals surface area contributed by atoms with E-state index in [0.717, 1.165) is 30.2 Å². The lowest BCUT2D eigenvalue weighted by Crippen LogP contribution is -2.41. The van der Waals surface area contributed by atoms with Crippen LogP contribution in [0.3, 0.4) is 0 Å². The molecule has 1 aliphatic carbocycles. The van der Waals surface area contributed by atoms with Gasteiger partial charge in [-0.2, -0.15) is 5.10 Å². The molecular weight excluding hydrogens is 390 g/mol. The van der Waals surface area contributed by atoms with E-state index in [0.29, 0.717) is 57.1 Å². The molecule has 4 rings (SSSR count). The Bertz CT molecular complexity index is 937. The van der Waals surface area contributed by atoms with Crippen LogP contribution in [0.2, 0.25) is 0 Å². The van der Waals surface area contributed by atoms with E-state index in [4.69, 9.17) is 4.74 Å². The smallest absolute Gasteiger partial charge is 0.274 e. The maximum Gasteiger partial charge on any atom is 0.274 e. The maximum absolute atomic E-state index is 13.5. The molecule has 0 unspecified atom stereocenters. The van der Waals surface area contributed by atoms with Gasteiger partial charge in [-0.05, 0) is 37.0 Å². The van der Waals surface area contributed by atoms with Gasteiger partial charge in [0.2, 0.25) is 0 Å². The topological polar surface area (TPSA) is 59.4 Å². The lowest BCUT2D eigenvalue weighted by Gasteiger charge is -2.28. The molecule has 0 bridgehead atoms. The van der Waals surface area contributed by atoms with Crippen molar-refractivity contribution in [2.75, 3.05) is 26.3 Å². The average Bonchev–Trinajstić information content (AvgIpc) is 3.12. The number of halogens is 2. The Balaban J connectivity index is 1.51. The monoisotopic (exact) mass is 416 g/mol. The molecule has 1 saturated heterocycles. The molecule has 1 N–H and O–H groups in total. The third kappa shape index (κ3) is 4.29. The van der Waals surface area contributed by atoms with Crippen molar-refractivity contribution in [3.05, 3.63) is 65.0 Å². The van der Waals surface area contributed by atoms with Crippen molar-refractivity contribution in [2.45, 2.75) is 38.4 Å². The number of amides is 1. The number of hydrogen-bond acceptors (Lipinski definition) is 4. The predicted octanol–water partition coefficient (Wildman–Crippen LogP) is 2.47. The summed E-state index contributed by atoms with van der Waals surface area (Å²) in [5, 5.41) is 8.05. The number of ether oxygens (including phenoxy) is 1. The van der Waals surface area contributed by atoms with Gasteiger partial charge >= 0.3 is 0 Å². The van der Waals surface area contributed by atoms with Crippen LogP contribution in [0.25, 0.3) is 0 Å². The Morgan fingerprint density at radius 3 is 2.83 bits per heavy atom. The number of aromatic nitrogens is 2. The van der Waals surface area contributed by atoms with E-state index in [1.54, 1.807) is 17.0 Å². The molecule has 0 saturated carbocycles. The lowest BCUT2D eigenvalue weighted by atomic mass is 9.90. The number of nitrogens with zero attached hydrogens (tertiary/aromatic N) is 3. The first-order valence-corrected chi connectivity index (χ1v) is 10.3. The summed E-state index contributed by atoms with van der Waals surface area (Å²) in [7, 11) is 0. The van der Waals surface area contributed by atoms with Crippen LogP contribution in [0.15, 0.2) is 30.9 Å². The van der Waals surface area contributed by atoms with Crippen LogP contribution in [0.1, 0.15) is 33.7 Å². The van der Waals surface area contributed by atoms with E-state index >= 15 is 0 Å². The minimum absolute atomic E-state index is 0.0568. The van der Waals surface area contributed by atoms with Crippen LogP contribution in [-0.4, -0.2) is 52.9 Å². The van der Waals surface area contributed by atoms with Crippen LogP contribution in [0, 0.1) is 11.6 Å². The molecule has 1 aliphatic heterocycles. The number of fused-ring (bicyclic) bond motifs is 1. The highest BCUT2D eigenvalue weighted by atomic mass is 19.2. The lowest BCUT2D eigenvalue weighted by molar-refractivity contribution is 0.0297. The Morgan fingerprint density at radius 1 is 1.30 bits per heavy atom. The number of rotatable bonds is 6. The molecule has 1 aromatic heterocycles. The largest absolute Gasteiger partial charge is 0.378 e. The summed E-state index contributed by atoms with van der Waals surface area (Å²) in [4.78, 5) is 14.9. The molecule has 8 heteroatoms. The summed E-state index contributed by atoms with van der Waals surface area (Å²) in [5.41, 5.74) is 3.25. The van der Waals surface area contributed by atoms with Crippen LogP contribution in [-0.2, 0) is 30.7 Å². The first-order chi connectivity index (χ1) is 14.6. The van der Waals surface area contributed by atoms with E-state index in [9.17, 15) is 13.6 Å². The first kappa shape index (κ1) is 20.7. The van der Waals surface area contributed by atoms with Gasteiger partial charge in [0.25, 0.3) is 5.91 Å². The van der Waals surface area contributed by atoms with Crippen molar-refractivity contribution in [1.82, 2.24) is 20.0 Å². The van der Waals surface area contributed by atoms with Gasteiger partial charge in [0.1, 0.15) is 0 Å². The SMILES string of the molecule is C=CCn1nc(C(=O)N2CCOCC2)c2c1CC[C@@H](NCc1ccc(F)c(F)c1)C2. The van der Waals surface area contributed by atoms with E-state index in [1.165, 1.54) is 6.07 Å². The average molecular weight is 416 g/mol. The standard InChI is InChI=1S/C22H26F2N4O2/c1-2-7-28-20-6-4-16(25-14-15-3-5-18(23)19(24)12-15)13-17(20)21(26-28)22(29)27-8-10-30-11-9-27/h2-3,5,12,16,25H,1,4,6-11,13-14H2/t16-/m1/s1.